The number of rotatable bonds is 12. The molecule has 2 N–H and O–H groups in total. The zero-order chi connectivity index (χ0) is 24.4. The molecule has 0 aliphatic heterocycles. The Bertz CT molecular complexity index is 1150. The van der Waals surface area contributed by atoms with Crippen LogP contribution in [0.4, 0.5) is 0 Å². The molecule has 3 rings (SSSR count). The number of carbonyl (C=O) groups is 1. The zero-order valence-corrected chi connectivity index (χ0v) is 21.4. The maximum Gasteiger partial charge on any atom is 0.257 e. The SMILES string of the molecule is CC(CCCCNC(=O)COc1ccccc1)NS(=O)(=O)c1ccc(-c2ccc(Br)cc2)cc1. The molecule has 0 aromatic heterocycles. The Labute approximate surface area is 209 Å². The molecule has 34 heavy (non-hydrogen) atoms. The summed E-state index contributed by atoms with van der Waals surface area (Å²) in [5.74, 6) is 0.478. The fraction of sp³-hybridized carbons (Fsp3) is 0.269. The summed E-state index contributed by atoms with van der Waals surface area (Å²) in [4.78, 5) is 12.1. The van der Waals surface area contributed by atoms with E-state index < -0.39 is 10.0 Å². The number of benzene rings is 3. The van der Waals surface area contributed by atoms with Crippen molar-refractivity contribution in [3.63, 3.8) is 0 Å². The predicted molar refractivity (Wildman–Crippen MR) is 138 cm³/mol. The Morgan fingerprint density at radius 1 is 0.912 bits per heavy atom. The van der Waals surface area contributed by atoms with E-state index in [2.05, 4.69) is 26.0 Å². The fourth-order valence-corrected chi connectivity index (χ4v) is 4.92. The molecule has 0 bridgehead atoms. The highest BCUT2D eigenvalue weighted by Gasteiger charge is 2.17. The molecule has 0 saturated carbocycles. The minimum absolute atomic E-state index is 0.0270. The molecular formula is C26H29BrN2O4S. The van der Waals surface area contributed by atoms with Gasteiger partial charge in [-0.25, -0.2) is 13.1 Å². The number of nitrogens with one attached hydrogen (secondary N) is 2. The molecule has 0 radical (unpaired) electrons. The Balaban J connectivity index is 1.37. The van der Waals surface area contributed by atoms with Crippen molar-refractivity contribution >= 4 is 31.9 Å². The maximum absolute atomic E-state index is 12.7. The van der Waals surface area contributed by atoms with Crippen molar-refractivity contribution in [2.75, 3.05) is 13.2 Å². The van der Waals surface area contributed by atoms with E-state index in [4.69, 9.17) is 4.74 Å². The van der Waals surface area contributed by atoms with E-state index in [0.717, 1.165) is 28.4 Å². The van der Waals surface area contributed by atoms with E-state index in [1.54, 1.807) is 24.3 Å². The Kier molecular flexibility index (Phi) is 9.68. The van der Waals surface area contributed by atoms with Crippen molar-refractivity contribution in [3.05, 3.63) is 83.3 Å². The quantitative estimate of drug-likeness (QED) is 0.309. The number of unbranched alkanes of at least 4 members (excludes halogenated alkanes) is 1. The first kappa shape index (κ1) is 25.9. The summed E-state index contributed by atoms with van der Waals surface area (Å²) in [6, 6.07) is 23.7. The van der Waals surface area contributed by atoms with Gasteiger partial charge in [-0.2, -0.15) is 0 Å². The summed E-state index contributed by atoms with van der Waals surface area (Å²) in [6.45, 7) is 2.34. The lowest BCUT2D eigenvalue weighted by Gasteiger charge is -2.15. The van der Waals surface area contributed by atoms with Gasteiger partial charge in [0.15, 0.2) is 6.61 Å². The average molecular weight is 545 g/mol. The average Bonchev–Trinajstić information content (AvgIpc) is 2.83. The summed E-state index contributed by atoms with van der Waals surface area (Å²) < 4.78 is 34.6. The number of para-hydroxylation sites is 1. The van der Waals surface area contributed by atoms with Crippen LogP contribution >= 0.6 is 15.9 Å². The van der Waals surface area contributed by atoms with E-state index in [9.17, 15) is 13.2 Å². The minimum atomic E-state index is -3.60. The van der Waals surface area contributed by atoms with Gasteiger partial charge in [-0.3, -0.25) is 4.79 Å². The van der Waals surface area contributed by atoms with E-state index in [0.29, 0.717) is 18.7 Å². The van der Waals surface area contributed by atoms with E-state index in [1.165, 1.54) is 0 Å². The molecule has 3 aromatic rings. The molecule has 1 unspecified atom stereocenters. The fourth-order valence-electron chi connectivity index (χ4n) is 3.38. The van der Waals surface area contributed by atoms with Crippen molar-refractivity contribution in [1.29, 1.82) is 0 Å². The first-order valence-corrected chi connectivity index (χ1v) is 13.4. The number of halogens is 1. The maximum atomic E-state index is 12.7. The number of amides is 1. The topological polar surface area (TPSA) is 84.5 Å². The van der Waals surface area contributed by atoms with Crippen molar-refractivity contribution < 1.29 is 17.9 Å². The predicted octanol–water partition coefficient (Wildman–Crippen LogP) is 5.15. The number of hydrogen-bond donors (Lipinski definition) is 2. The third kappa shape index (κ3) is 8.27. The van der Waals surface area contributed by atoms with E-state index in [-0.39, 0.29) is 23.5 Å². The van der Waals surface area contributed by atoms with Crippen LogP contribution in [-0.2, 0) is 14.8 Å². The molecule has 0 heterocycles. The number of ether oxygens (including phenoxy) is 1. The Hall–Kier alpha value is -2.68. The highest BCUT2D eigenvalue weighted by atomic mass is 79.9. The lowest BCUT2D eigenvalue weighted by Crippen LogP contribution is -2.33. The van der Waals surface area contributed by atoms with Gasteiger partial charge in [0.2, 0.25) is 10.0 Å². The van der Waals surface area contributed by atoms with Crippen LogP contribution in [-0.4, -0.2) is 33.5 Å². The van der Waals surface area contributed by atoms with Crippen LogP contribution in [0, 0.1) is 0 Å². The number of hydrogen-bond acceptors (Lipinski definition) is 4. The first-order chi connectivity index (χ1) is 16.3. The third-order valence-corrected chi connectivity index (χ3v) is 7.33. The van der Waals surface area contributed by atoms with Gasteiger partial charge in [-0.05, 0) is 67.3 Å². The second kappa shape index (κ2) is 12.7. The van der Waals surface area contributed by atoms with Crippen LogP contribution in [0.5, 0.6) is 5.75 Å². The largest absolute Gasteiger partial charge is 0.484 e. The van der Waals surface area contributed by atoms with Crippen molar-refractivity contribution in [1.82, 2.24) is 10.0 Å². The molecule has 180 valence electrons. The minimum Gasteiger partial charge on any atom is -0.484 e. The molecule has 6 nitrogen and oxygen atoms in total. The second-order valence-corrected chi connectivity index (χ2v) is 10.6. The van der Waals surface area contributed by atoms with Gasteiger partial charge in [0.25, 0.3) is 5.91 Å². The summed E-state index contributed by atoms with van der Waals surface area (Å²) >= 11 is 3.41. The zero-order valence-electron chi connectivity index (χ0n) is 19.0. The third-order valence-electron chi connectivity index (χ3n) is 5.20. The highest BCUT2D eigenvalue weighted by molar-refractivity contribution is 9.10. The summed E-state index contributed by atoms with van der Waals surface area (Å²) in [7, 11) is -3.60. The monoisotopic (exact) mass is 544 g/mol. The van der Waals surface area contributed by atoms with Gasteiger partial charge in [0, 0.05) is 17.1 Å². The van der Waals surface area contributed by atoms with Crippen molar-refractivity contribution in [2.24, 2.45) is 0 Å². The van der Waals surface area contributed by atoms with Crippen LogP contribution in [0.25, 0.3) is 11.1 Å². The molecule has 0 aliphatic carbocycles. The van der Waals surface area contributed by atoms with Crippen LogP contribution in [0.2, 0.25) is 0 Å². The first-order valence-electron chi connectivity index (χ1n) is 11.2. The Morgan fingerprint density at radius 3 is 2.18 bits per heavy atom. The molecular weight excluding hydrogens is 516 g/mol. The highest BCUT2D eigenvalue weighted by Crippen LogP contribution is 2.23. The van der Waals surface area contributed by atoms with Gasteiger partial charge in [0.1, 0.15) is 5.75 Å². The van der Waals surface area contributed by atoms with Crippen molar-refractivity contribution in [2.45, 2.75) is 37.1 Å². The van der Waals surface area contributed by atoms with Gasteiger partial charge in [-0.1, -0.05) is 64.8 Å². The van der Waals surface area contributed by atoms with Gasteiger partial charge >= 0.3 is 0 Å². The lowest BCUT2D eigenvalue weighted by molar-refractivity contribution is -0.123. The standard InChI is InChI=1S/C26H29BrN2O4S/c1-20(7-5-6-18-28-26(30)19-33-24-8-3-2-4-9-24)29-34(31,32)25-16-12-22(13-17-25)21-10-14-23(27)15-11-21/h2-4,8-17,20,29H,5-7,18-19H2,1H3,(H,28,30). The Morgan fingerprint density at radius 2 is 1.53 bits per heavy atom. The summed E-state index contributed by atoms with van der Waals surface area (Å²) in [6.07, 6.45) is 2.21. The smallest absolute Gasteiger partial charge is 0.257 e. The van der Waals surface area contributed by atoms with E-state index in [1.807, 2.05) is 61.5 Å². The lowest BCUT2D eigenvalue weighted by atomic mass is 10.1. The molecule has 0 saturated heterocycles. The molecule has 0 spiro atoms. The molecule has 0 aliphatic rings. The second-order valence-electron chi connectivity index (χ2n) is 8.00. The number of sulfonamides is 1. The summed E-state index contributed by atoms with van der Waals surface area (Å²) in [5.41, 5.74) is 1.97. The normalized spacial score (nSPS) is 12.2. The molecule has 0 fully saturated rings. The van der Waals surface area contributed by atoms with Gasteiger partial charge in [0.05, 0.1) is 4.90 Å². The van der Waals surface area contributed by atoms with Gasteiger partial charge in [-0.15, -0.1) is 0 Å². The van der Waals surface area contributed by atoms with Crippen LogP contribution in [0.1, 0.15) is 26.2 Å². The molecule has 1 atom stereocenters. The molecule has 3 aromatic carbocycles. The van der Waals surface area contributed by atoms with E-state index >= 15 is 0 Å². The number of carbonyl (C=O) groups excluding carboxylic acids is 1. The van der Waals surface area contributed by atoms with Crippen molar-refractivity contribution in [3.8, 4) is 16.9 Å². The van der Waals surface area contributed by atoms with Gasteiger partial charge < -0.3 is 10.1 Å². The van der Waals surface area contributed by atoms with Crippen LogP contribution in [0.15, 0.2) is 88.2 Å². The summed E-state index contributed by atoms with van der Waals surface area (Å²) in [5, 5.41) is 2.82. The molecule has 1 amide bonds. The molecule has 8 heteroatoms. The van der Waals surface area contributed by atoms with Crippen LogP contribution < -0.4 is 14.8 Å². The van der Waals surface area contributed by atoms with Crippen LogP contribution in [0.3, 0.4) is 0 Å².